The lowest BCUT2D eigenvalue weighted by Gasteiger charge is -2.19. The van der Waals surface area contributed by atoms with E-state index in [4.69, 9.17) is 4.74 Å². The van der Waals surface area contributed by atoms with Crippen LogP contribution in [-0.4, -0.2) is 17.1 Å². The van der Waals surface area contributed by atoms with Gasteiger partial charge >= 0.3 is 0 Å². The van der Waals surface area contributed by atoms with Gasteiger partial charge in [-0.15, -0.1) is 6.58 Å². The van der Waals surface area contributed by atoms with Crippen LogP contribution in [0.3, 0.4) is 0 Å². The Labute approximate surface area is 115 Å². The first-order valence-electron chi connectivity index (χ1n) is 6.54. The Kier molecular flexibility index (Phi) is 12.2. The van der Waals surface area contributed by atoms with E-state index in [1.165, 1.54) is 44.9 Å². The van der Waals surface area contributed by atoms with Crippen molar-refractivity contribution >= 4 is 22.6 Å². The van der Waals surface area contributed by atoms with E-state index in [1.807, 2.05) is 6.08 Å². The smallest absolute Gasteiger partial charge is 0.0723 e. The molecule has 0 aliphatic carbocycles. The molecule has 96 valence electrons. The van der Waals surface area contributed by atoms with Crippen molar-refractivity contribution in [3.63, 3.8) is 0 Å². The number of alkyl halides is 1. The van der Waals surface area contributed by atoms with Crippen molar-refractivity contribution in [2.45, 2.75) is 68.3 Å². The summed E-state index contributed by atoms with van der Waals surface area (Å²) < 4.78 is 6.10. The van der Waals surface area contributed by atoms with E-state index < -0.39 is 0 Å². The largest absolute Gasteiger partial charge is 0.380 e. The van der Waals surface area contributed by atoms with Crippen LogP contribution in [0, 0.1) is 0 Å². The SMILES string of the molecule is C=CC[C@H](OC)[C@H](I)CCCCCCCC. The second kappa shape index (κ2) is 11.9. The van der Waals surface area contributed by atoms with Gasteiger partial charge in [0.15, 0.2) is 0 Å². The van der Waals surface area contributed by atoms with Crippen LogP contribution in [0.1, 0.15) is 58.3 Å². The lowest BCUT2D eigenvalue weighted by atomic mass is 10.0. The fourth-order valence-corrected chi connectivity index (χ4v) is 2.89. The van der Waals surface area contributed by atoms with Crippen LogP contribution in [0.25, 0.3) is 0 Å². The van der Waals surface area contributed by atoms with E-state index in [2.05, 4.69) is 36.1 Å². The summed E-state index contributed by atoms with van der Waals surface area (Å²) in [4.78, 5) is 0. The molecule has 0 aliphatic rings. The fraction of sp³-hybridized carbons (Fsp3) is 0.857. The van der Waals surface area contributed by atoms with Gasteiger partial charge < -0.3 is 4.74 Å². The summed E-state index contributed by atoms with van der Waals surface area (Å²) in [6, 6.07) is 0. The van der Waals surface area contributed by atoms with Crippen molar-refractivity contribution in [3.8, 4) is 0 Å². The van der Waals surface area contributed by atoms with Gasteiger partial charge in [0.1, 0.15) is 0 Å². The van der Waals surface area contributed by atoms with Crippen LogP contribution in [0.2, 0.25) is 0 Å². The van der Waals surface area contributed by atoms with Gasteiger partial charge in [0.25, 0.3) is 0 Å². The first kappa shape index (κ1) is 16.4. The minimum atomic E-state index is 0.355. The van der Waals surface area contributed by atoms with Crippen LogP contribution >= 0.6 is 22.6 Å². The molecule has 0 aromatic heterocycles. The predicted octanol–water partition coefficient (Wildman–Crippen LogP) is 5.13. The molecule has 0 N–H and O–H groups in total. The number of halogens is 1. The maximum absolute atomic E-state index is 5.47. The number of rotatable bonds is 11. The van der Waals surface area contributed by atoms with Gasteiger partial charge in [-0.3, -0.25) is 0 Å². The van der Waals surface area contributed by atoms with Gasteiger partial charge in [0.2, 0.25) is 0 Å². The zero-order valence-electron chi connectivity index (χ0n) is 10.9. The van der Waals surface area contributed by atoms with E-state index >= 15 is 0 Å². The van der Waals surface area contributed by atoms with Crippen molar-refractivity contribution in [1.29, 1.82) is 0 Å². The van der Waals surface area contributed by atoms with Gasteiger partial charge in [-0.25, -0.2) is 0 Å². The van der Waals surface area contributed by atoms with Crippen LogP contribution in [0.15, 0.2) is 12.7 Å². The molecule has 0 unspecified atom stereocenters. The van der Waals surface area contributed by atoms with E-state index in [1.54, 1.807) is 7.11 Å². The Morgan fingerprint density at radius 1 is 1.19 bits per heavy atom. The minimum Gasteiger partial charge on any atom is -0.380 e. The summed E-state index contributed by atoms with van der Waals surface area (Å²) in [6.07, 6.45) is 12.8. The molecule has 0 aromatic rings. The molecule has 16 heavy (non-hydrogen) atoms. The second-order valence-corrected chi connectivity index (χ2v) is 5.97. The molecule has 0 fully saturated rings. The molecule has 0 amide bonds. The molecule has 0 saturated heterocycles. The molecule has 2 atom stereocenters. The van der Waals surface area contributed by atoms with Crippen LogP contribution in [0.4, 0.5) is 0 Å². The standard InChI is InChI=1S/C14H27IO/c1-4-6-7-8-9-10-12-13(15)14(16-3)11-5-2/h5,13-14H,2,4,6-12H2,1,3H3/t13-,14+/m1/s1. The summed E-state index contributed by atoms with van der Waals surface area (Å²) >= 11 is 2.52. The lowest BCUT2D eigenvalue weighted by molar-refractivity contribution is 0.104. The van der Waals surface area contributed by atoms with Gasteiger partial charge in [0, 0.05) is 11.0 Å². The molecule has 1 nitrogen and oxygen atoms in total. The molecule has 2 heteroatoms. The maximum atomic E-state index is 5.47. The Balaban J connectivity index is 3.47. The third-order valence-corrected chi connectivity index (χ3v) is 4.36. The molecular weight excluding hydrogens is 311 g/mol. The third kappa shape index (κ3) is 8.57. The molecule has 0 aromatic carbocycles. The molecule has 0 aliphatic heterocycles. The van der Waals surface area contributed by atoms with Gasteiger partial charge in [-0.05, 0) is 12.8 Å². The summed E-state index contributed by atoms with van der Waals surface area (Å²) in [7, 11) is 1.81. The first-order valence-corrected chi connectivity index (χ1v) is 7.78. The average molecular weight is 338 g/mol. The van der Waals surface area contributed by atoms with E-state index in [0.717, 1.165) is 6.42 Å². The number of hydrogen-bond acceptors (Lipinski definition) is 1. The second-order valence-electron chi connectivity index (χ2n) is 4.37. The van der Waals surface area contributed by atoms with Crippen molar-refractivity contribution in [2.24, 2.45) is 0 Å². The topological polar surface area (TPSA) is 9.23 Å². The van der Waals surface area contributed by atoms with Crippen molar-refractivity contribution in [2.75, 3.05) is 7.11 Å². The van der Waals surface area contributed by atoms with Crippen LogP contribution in [-0.2, 0) is 4.74 Å². The van der Waals surface area contributed by atoms with Crippen molar-refractivity contribution in [3.05, 3.63) is 12.7 Å². The summed E-state index contributed by atoms with van der Waals surface area (Å²) in [5.74, 6) is 0. The Hall–Kier alpha value is 0.430. The highest BCUT2D eigenvalue weighted by Crippen LogP contribution is 2.20. The third-order valence-electron chi connectivity index (χ3n) is 2.94. The van der Waals surface area contributed by atoms with Crippen LogP contribution < -0.4 is 0 Å². The zero-order chi connectivity index (χ0) is 12.2. The van der Waals surface area contributed by atoms with Crippen molar-refractivity contribution < 1.29 is 4.74 Å². The molecule has 0 radical (unpaired) electrons. The molecule has 0 bridgehead atoms. The summed E-state index contributed by atoms with van der Waals surface area (Å²) in [6.45, 7) is 6.04. The van der Waals surface area contributed by atoms with Crippen LogP contribution in [0.5, 0.6) is 0 Å². The maximum Gasteiger partial charge on any atom is 0.0723 e. The minimum absolute atomic E-state index is 0.355. The molecular formula is C14H27IO. The van der Waals surface area contributed by atoms with Gasteiger partial charge in [-0.1, -0.05) is 74.1 Å². The highest BCUT2D eigenvalue weighted by molar-refractivity contribution is 14.1. The number of methoxy groups -OCH3 is 1. The number of hydrogen-bond donors (Lipinski definition) is 0. The van der Waals surface area contributed by atoms with E-state index in [0.29, 0.717) is 10.0 Å². The Bertz CT molecular complexity index is 159. The highest BCUT2D eigenvalue weighted by atomic mass is 127. The molecule has 0 spiro atoms. The number of ether oxygens (including phenoxy) is 1. The highest BCUT2D eigenvalue weighted by Gasteiger charge is 2.15. The summed E-state index contributed by atoms with van der Waals surface area (Å²) in [5.41, 5.74) is 0. The average Bonchev–Trinajstić information content (AvgIpc) is 2.30. The monoisotopic (exact) mass is 338 g/mol. The lowest BCUT2D eigenvalue weighted by Crippen LogP contribution is -2.22. The predicted molar refractivity (Wildman–Crippen MR) is 81.4 cm³/mol. The van der Waals surface area contributed by atoms with Gasteiger partial charge in [0.05, 0.1) is 6.10 Å². The molecule has 0 heterocycles. The zero-order valence-corrected chi connectivity index (χ0v) is 13.0. The van der Waals surface area contributed by atoms with Gasteiger partial charge in [-0.2, -0.15) is 0 Å². The van der Waals surface area contributed by atoms with Crippen molar-refractivity contribution in [1.82, 2.24) is 0 Å². The Morgan fingerprint density at radius 2 is 1.81 bits per heavy atom. The Morgan fingerprint density at radius 3 is 2.38 bits per heavy atom. The van der Waals surface area contributed by atoms with E-state index in [9.17, 15) is 0 Å². The summed E-state index contributed by atoms with van der Waals surface area (Å²) in [5, 5.41) is 0. The molecule has 0 rings (SSSR count). The molecule has 0 saturated carbocycles. The number of unbranched alkanes of at least 4 members (excludes halogenated alkanes) is 5. The normalized spacial score (nSPS) is 14.7. The van der Waals surface area contributed by atoms with E-state index in [-0.39, 0.29) is 0 Å². The fourth-order valence-electron chi connectivity index (χ4n) is 1.86. The first-order chi connectivity index (χ1) is 7.76. The quantitative estimate of drug-likeness (QED) is 0.220.